The van der Waals surface area contributed by atoms with E-state index in [0.29, 0.717) is 26.1 Å². The number of rotatable bonds is 4. The molecule has 4 rings (SSSR count). The highest BCUT2D eigenvalue weighted by Crippen LogP contribution is 2.48. The molecular formula is C20H24N4O3. The van der Waals surface area contributed by atoms with Crippen molar-refractivity contribution in [3.05, 3.63) is 42.2 Å². The Kier molecular flexibility index (Phi) is 4.37. The van der Waals surface area contributed by atoms with E-state index >= 15 is 0 Å². The number of fused-ring (bicyclic) bond motifs is 1. The minimum Gasteiger partial charge on any atom is -0.481 e. The van der Waals surface area contributed by atoms with Crippen LogP contribution in [0.5, 0.6) is 0 Å². The molecule has 0 unspecified atom stereocenters. The predicted octanol–water partition coefficient (Wildman–Crippen LogP) is 2.48. The second-order valence-corrected chi connectivity index (χ2v) is 7.65. The van der Waals surface area contributed by atoms with E-state index in [-0.39, 0.29) is 11.9 Å². The number of aromatic nitrogens is 2. The minimum atomic E-state index is -0.762. The van der Waals surface area contributed by atoms with Crippen molar-refractivity contribution in [1.82, 2.24) is 20.0 Å². The normalized spacial score (nSPS) is 24.0. The van der Waals surface area contributed by atoms with Crippen molar-refractivity contribution < 1.29 is 14.7 Å². The molecule has 2 amide bonds. The zero-order valence-electron chi connectivity index (χ0n) is 15.4. The van der Waals surface area contributed by atoms with Gasteiger partial charge >= 0.3 is 12.0 Å². The van der Waals surface area contributed by atoms with E-state index in [4.69, 9.17) is 0 Å². The molecule has 1 aliphatic carbocycles. The summed E-state index contributed by atoms with van der Waals surface area (Å²) in [5.41, 5.74) is 2.30. The number of likely N-dealkylation sites (tertiary alicyclic amines) is 1. The van der Waals surface area contributed by atoms with Gasteiger partial charge in [0.2, 0.25) is 0 Å². The van der Waals surface area contributed by atoms with E-state index in [0.717, 1.165) is 29.5 Å². The van der Waals surface area contributed by atoms with Gasteiger partial charge in [0.1, 0.15) is 0 Å². The Bertz CT molecular complexity index is 878. The van der Waals surface area contributed by atoms with Crippen molar-refractivity contribution in [2.45, 2.75) is 25.8 Å². The maximum Gasteiger partial charge on any atom is 0.317 e. The Hall–Kier alpha value is -2.83. The topological polar surface area (TPSA) is 87.5 Å². The summed E-state index contributed by atoms with van der Waals surface area (Å²) in [6, 6.07) is 7.72. The van der Waals surface area contributed by atoms with Gasteiger partial charge in [-0.3, -0.25) is 9.48 Å². The van der Waals surface area contributed by atoms with E-state index in [1.54, 1.807) is 15.8 Å². The number of benzene rings is 1. The van der Waals surface area contributed by atoms with Crippen LogP contribution >= 0.6 is 0 Å². The molecule has 7 heteroatoms. The molecule has 2 N–H and O–H groups in total. The third kappa shape index (κ3) is 3.07. The van der Waals surface area contributed by atoms with E-state index in [2.05, 4.69) is 10.4 Å². The van der Waals surface area contributed by atoms with Gasteiger partial charge in [0.05, 0.1) is 11.6 Å². The van der Waals surface area contributed by atoms with E-state index < -0.39 is 11.4 Å². The molecule has 0 spiro atoms. The predicted molar refractivity (Wildman–Crippen MR) is 99.9 cm³/mol. The number of carboxylic acid groups (broad SMARTS) is 1. The molecule has 27 heavy (non-hydrogen) atoms. The smallest absolute Gasteiger partial charge is 0.317 e. The Labute approximate surface area is 158 Å². The molecule has 2 atom stereocenters. The average molecular weight is 368 g/mol. The fourth-order valence-electron chi connectivity index (χ4n) is 4.59. The molecule has 1 aromatic carbocycles. The van der Waals surface area contributed by atoms with Gasteiger partial charge < -0.3 is 15.3 Å². The first-order chi connectivity index (χ1) is 13.0. The number of aliphatic carboxylic acids is 1. The maximum absolute atomic E-state index is 12.7. The molecule has 7 nitrogen and oxygen atoms in total. The van der Waals surface area contributed by atoms with Crippen molar-refractivity contribution in [1.29, 1.82) is 0 Å². The minimum absolute atomic E-state index is 0.0726. The number of nitrogens with zero attached hydrogens (tertiary/aromatic N) is 3. The van der Waals surface area contributed by atoms with Gasteiger partial charge in [-0.05, 0) is 29.9 Å². The number of amides is 2. The van der Waals surface area contributed by atoms with Crippen LogP contribution in [0.15, 0.2) is 36.7 Å². The van der Waals surface area contributed by atoms with Crippen LogP contribution in [0.1, 0.15) is 24.8 Å². The van der Waals surface area contributed by atoms with Gasteiger partial charge in [-0.2, -0.15) is 5.10 Å². The number of hydrogen-bond donors (Lipinski definition) is 2. The monoisotopic (exact) mass is 368 g/mol. The third-order valence-corrected chi connectivity index (χ3v) is 6.05. The number of carbonyl (C=O) groups excluding carboxylic acids is 1. The summed E-state index contributed by atoms with van der Waals surface area (Å²) in [5, 5.41) is 16.9. The summed E-state index contributed by atoms with van der Waals surface area (Å²) in [5.74, 6) is -0.689. The second kappa shape index (κ2) is 6.72. The molecule has 1 saturated heterocycles. The van der Waals surface area contributed by atoms with E-state index in [1.165, 1.54) is 0 Å². The number of carboxylic acids is 1. The van der Waals surface area contributed by atoms with E-state index in [9.17, 15) is 14.7 Å². The highest BCUT2D eigenvalue weighted by Gasteiger charge is 2.55. The molecule has 1 aromatic heterocycles. The Morgan fingerprint density at radius 1 is 1.37 bits per heavy atom. The van der Waals surface area contributed by atoms with Crippen LogP contribution in [0.25, 0.3) is 11.1 Å². The van der Waals surface area contributed by atoms with Crippen LogP contribution in [-0.2, 0) is 18.4 Å². The summed E-state index contributed by atoms with van der Waals surface area (Å²) in [6.07, 6.45) is 6.24. The molecule has 0 radical (unpaired) electrons. The SMILES string of the molecule is Cn1cc(-c2ccccc2CNC(=O)N2C[C@@H]3CCC[C@@]3(C(=O)O)C2)cn1. The molecule has 2 aromatic rings. The molecule has 142 valence electrons. The maximum atomic E-state index is 12.7. The first-order valence-electron chi connectivity index (χ1n) is 9.33. The van der Waals surface area contributed by atoms with E-state index in [1.807, 2.05) is 37.5 Å². The summed E-state index contributed by atoms with van der Waals surface area (Å²) >= 11 is 0. The van der Waals surface area contributed by atoms with Crippen LogP contribution in [0, 0.1) is 11.3 Å². The zero-order valence-corrected chi connectivity index (χ0v) is 15.4. The summed E-state index contributed by atoms with van der Waals surface area (Å²) in [7, 11) is 1.87. The quantitative estimate of drug-likeness (QED) is 0.868. The number of carbonyl (C=O) groups is 2. The largest absolute Gasteiger partial charge is 0.481 e. The molecule has 2 heterocycles. The van der Waals surface area contributed by atoms with Gasteiger partial charge in [0.25, 0.3) is 0 Å². The molecule has 0 bridgehead atoms. The van der Waals surface area contributed by atoms with Gasteiger partial charge in [0.15, 0.2) is 0 Å². The van der Waals surface area contributed by atoms with Crippen molar-refractivity contribution in [2.75, 3.05) is 13.1 Å². The lowest BCUT2D eigenvalue weighted by atomic mass is 9.81. The van der Waals surface area contributed by atoms with Crippen LogP contribution in [0.4, 0.5) is 4.79 Å². The number of aryl methyl sites for hydroxylation is 1. The first kappa shape index (κ1) is 17.6. The Morgan fingerprint density at radius 2 is 2.19 bits per heavy atom. The summed E-state index contributed by atoms with van der Waals surface area (Å²) in [4.78, 5) is 26.1. The van der Waals surface area contributed by atoms with Gasteiger partial charge in [-0.15, -0.1) is 0 Å². The van der Waals surface area contributed by atoms with Crippen LogP contribution in [0.3, 0.4) is 0 Å². The first-order valence-corrected chi connectivity index (χ1v) is 9.33. The summed E-state index contributed by atoms with van der Waals surface area (Å²) in [6.45, 7) is 1.23. The molecule has 1 aliphatic heterocycles. The fraction of sp³-hybridized carbons (Fsp3) is 0.450. The lowest BCUT2D eigenvalue weighted by Crippen LogP contribution is -2.41. The van der Waals surface area contributed by atoms with Crippen LogP contribution in [0.2, 0.25) is 0 Å². The highest BCUT2D eigenvalue weighted by atomic mass is 16.4. The number of nitrogens with one attached hydrogen (secondary N) is 1. The highest BCUT2D eigenvalue weighted by molar-refractivity contribution is 5.80. The molecule has 2 aliphatic rings. The van der Waals surface area contributed by atoms with Crippen molar-refractivity contribution in [3.63, 3.8) is 0 Å². The molecule has 2 fully saturated rings. The van der Waals surface area contributed by atoms with Gasteiger partial charge in [-0.25, -0.2) is 4.79 Å². The fourth-order valence-corrected chi connectivity index (χ4v) is 4.59. The van der Waals surface area contributed by atoms with Crippen LogP contribution < -0.4 is 5.32 Å². The molecular weight excluding hydrogens is 344 g/mol. The lowest BCUT2D eigenvalue weighted by Gasteiger charge is -2.23. The van der Waals surface area contributed by atoms with Crippen molar-refractivity contribution in [3.8, 4) is 11.1 Å². The van der Waals surface area contributed by atoms with Gasteiger partial charge in [0, 0.05) is 38.4 Å². The standard InChI is InChI=1S/C20H24N4O3/c1-23-11-15(10-22-23)17-7-3-2-5-14(17)9-21-19(27)24-12-16-6-4-8-20(16,13-24)18(25)26/h2-3,5,7,10-11,16H,4,6,8-9,12-13H2,1H3,(H,21,27)(H,25,26)/t16-,20+/m0/s1. The van der Waals surface area contributed by atoms with Crippen molar-refractivity contribution >= 4 is 12.0 Å². The lowest BCUT2D eigenvalue weighted by molar-refractivity contribution is -0.149. The third-order valence-electron chi connectivity index (χ3n) is 6.05. The Morgan fingerprint density at radius 3 is 2.89 bits per heavy atom. The number of urea groups is 1. The van der Waals surface area contributed by atoms with Crippen molar-refractivity contribution in [2.24, 2.45) is 18.4 Å². The average Bonchev–Trinajstić information content (AvgIpc) is 3.34. The Balaban J connectivity index is 1.45. The molecule has 1 saturated carbocycles. The number of hydrogen-bond acceptors (Lipinski definition) is 3. The van der Waals surface area contributed by atoms with Gasteiger partial charge in [-0.1, -0.05) is 30.7 Å². The van der Waals surface area contributed by atoms with Crippen LogP contribution in [-0.4, -0.2) is 44.9 Å². The summed E-state index contributed by atoms with van der Waals surface area (Å²) < 4.78 is 1.75. The zero-order chi connectivity index (χ0) is 19.0. The second-order valence-electron chi connectivity index (χ2n) is 7.65.